The Hall–Kier alpha value is -1.80. The molecule has 1 saturated carbocycles. The summed E-state index contributed by atoms with van der Waals surface area (Å²) in [7, 11) is 1.73. The molecule has 0 bridgehead atoms. The number of nitrogens with one attached hydrogen (secondary N) is 1. The van der Waals surface area contributed by atoms with Crippen LogP contribution in [0.5, 0.6) is 5.75 Å². The fourth-order valence-electron chi connectivity index (χ4n) is 3.76. The minimum atomic E-state index is 0.333. The van der Waals surface area contributed by atoms with Crippen molar-refractivity contribution in [1.29, 1.82) is 0 Å². The van der Waals surface area contributed by atoms with Crippen LogP contribution in [0.25, 0.3) is 0 Å². The Kier molecular flexibility index (Phi) is 5.35. The number of hydrogen-bond acceptors (Lipinski definition) is 2. The molecule has 1 fully saturated rings. The van der Waals surface area contributed by atoms with Crippen LogP contribution in [0, 0.1) is 0 Å². The number of hydrogen-bond donors (Lipinski definition) is 1. The van der Waals surface area contributed by atoms with Gasteiger partial charge in [-0.2, -0.15) is 0 Å². The standard InChI is InChI=1S/C21H27NO/c1-16(18-11-8-12-19(15-18)23-2)22-21-14-7-6-13-20(21)17-9-4-3-5-10-17/h3-5,8-12,15-16,20-22H,6-7,13-14H2,1-2H3/t16-,20?,21?/m0/s1. The first-order valence-corrected chi connectivity index (χ1v) is 8.73. The molecule has 3 rings (SSSR count). The highest BCUT2D eigenvalue weighted by Crippen LogP contribution is 2.34. The van der Waals surface area contributed by atoms with Gasteiger partial charge in [0.05, 0.1) is 7.11 Å². The Labute approximate surface area is 139 Å². The van der Waals surface area contributed by atoms with E-state index in [4.69, 9.17) is 4.74 Å². The molecule has 2 heteroatoms. The summed E-state index contributed by atoms with van der Waals surface area (Å²) < 4.78 is 5.36. The molecule has 0 aliphatic heterocycles. The summed E-state index contributed by atoms with van der Waals surface area (Å²) in [6.07, 6.45) is 5.21. The largest absolute Gasteiger partial charge is 0.497 e. The summed E-state index contributed by atoms with van der Waals surface area (Å²) in [5.74, 6) is 1.55. The highest BCUT2D eigenvalue weighted by Gasteiger charge is 2.27. The molecule has 0 spiro atoms. The highest BCUT2D eigenvalue weighted by atomic mass is 16.5. The third kappa shape index (κ3) is 3.94. The first-order chi connectivity index (χ1) is 11.3. The van der Waals surface area contributed by atoms with Gasteiger partial charge in [0.15, 0.2) is 0 Å². The molecule has 1 aliphatic rings. The van der Waals surface area contributed by atoms with Gasteiger partial charge in [-0.1, -0.05) is 55.3 Å². The van der Waals surface area contributed by atoms with Gasteiger partial charge in [0.25, 0.3) is 0 Å². The van der Waals surface area contributed by atoms with Crippen molar-refractivity contribution in [2.75, 3.05) is 7.11 Å². The van der Waals surface area contributed by atoms with Crippen LogP contribution in [0.3, 0.4) is 0 Å². The highest BCUT2D eigenvalue weighted by molar-refractivity contribution is 5.30. The Balaban J connectivity index is 1.73. The molecule has 2 unspecified atom stereocenters. The molecule has 0 saturated heterocycles. The van der Waals surface area contributed by atoms with Gasteiger partial charge >= 0.3 is 0 Å². The maximum Gasteiger partial charge on any atom is 0.119 e. The van der Waals surface area contributed by atoms with E-state index in [2.05, 4.69) is 60.8 Å². The zero-order valence-corrected chi connectivity index (χ0v) is 14.2. The van der Waals surface area contributed by atoms with Crippen molar-refractivity contribution in [2.45, 2.75) is 50.6 Å². The fraction of sp³-hybridized carbons (Fsp3) is 0.429. The minimum Gasteiger partial charge on any atom is -0.497 e. The quantitative estimate of drug-likeness (QED) is 0.832. The number of benzene rings is 2. The van der Waals surface area contributed by atoms with E-state index in [0.29, 0.717) is 18.0 Å². The van der Waals surface area contributed by atoms with Crippen LogP contribution in [0.2, 0.25) is 0 Å². The predicted molar refractivity (Wildman–Crippen MR) is 96.0 cm³/mol. The van der Waals surface area contributed by atoms with E-state index < -0.39 is 0 Å². The van der Waals surface area contributed by atoms with Crippen molar-refractivity contribution < 1.29 is 4.74 Å². The molecule has 0 amide bonds. The van der Waals surface area contributed by atoms with Crippen molar-refractivity contribution >= 4 is 0 Å². The fourth-order valence-corrected chi connectivity index (χ4v) is 3.76. The van der Waals surface area contributed by atoms with Crippen LogP contribution >= 0.6 is 0 Å². The van der Waals surface area contributed by atoms with Crippen LogP contribution in [0.1, 0.15) is 55.7 Å². The van der Waals surface area contributed by atoms with Crippen molar-refractivity contribution in [3.05, 3.63) is 65.7 Å². The SMILES string of the molecule is COc1cccc([C@H](C)NC2CCCCC2c2ccccc2)c1. The van der Waals surface area contributed by atoms with E-state index in [1.165, 1.54) is 36.8 Å². The van der Waals surface area contributed by atoms with Crippen LogP contribution in [-0.2, 0) is 0 Å². The molecule has 0 aromatic heterocycles. The van der Waals surface area contributed by atoms with Crippen molar-refractivity contribution in [2.24, 2.45) is 0 Å². The average Bonchev–Trinajstić information content (AvgIpc) is 2.63. The minimum absolute atomic E-state index is 0.333. The topological polar surface area (TPSA) is 21.3 Å². The van der Waals surface area contributed by atoms with E-state index in [1.54, 1.807) is 7.11 Å². The molecular weight excluding hydrogens is 282 g/mol. The summed E-state index contributed by atoms with van der Waals surface area (Å²) in [6, 6.07) is 20.3. The summed E-state index contributed by atoms with van der Waals surface area (Å²) in [6.45, 7) is 2.26. The molecular formula is C21H27NO. The zero-order chi connectivity index (χ0) is 16.1. The van der Waals surface area contributed by atoms with Crippen LogP contribution < -0.4 is 10.1 Å². The van der Waals surface area contributed by atoms with Crippen molar-refractivity contribution in [3.63, 3.8) is 0 Å². The van der Waals surface area contributed by atoms with Crippen LogP contribution in [0.15, 0.2) is 54.6 Å². The molecule has 2 aromatic rings. The van der Waals surface area contributed by atoms with Gasteiger partial charge in [-0.15, -0.1) is 0 Å². The van der Waals surface area contributed by atoms with Crippen LogP contribution in [-0.4, -0.2) is 13.2 Å². The summed E-state index contributed by atoms with van der Waals surface area (Å²) in [4.78, 5) is 0. The van der Waals surface area contributed by atoms with E-state index in [9.17, 15) is 0 Å². The zero-order valence-electron chi connectivity index (χ0n) is 14.2. The summed E-state index contributed by atoms with van der Waals surface area (Å²) >= 11 is 0. The first kappa shape index (κ1) is 16.1. The van der Waals surface area contributed by atoms with E-state index in [-0.39, 0.29) is 0 Å². The molecule has 2 aromatic carbocycles. The number of rotatable bonds is 5. The Morgan fingerprint density at radius 3 is 2.57 bits per heavy atom. The Bertz CT molecular complexity index is 610. The summed E-state index contributed by atoms with van der Waals surface area (Å²) in [5.41, 5.74) is 2.77. The molecule has 23 heavy (non-hydrogen) atoms. The summed E-state index contributed by atoms with van der Waals surface area (Å²) in [5, 5.41) is 3.88. The number of ether oxygens (including phenoxy) is 1. The lowest BCUT2D eigenvalue weighted by Crippen LogP contribution is -2.38. The second kappa shape index (κ2) is 7.65. The lowest BCUT2D eigenvalue weighted by atomic mass is 9.79. The maximum atomic E-state index is 5.36. The molecule has 1 aliphatic carbocycles. The molecule has 0 heterocycles. The van der Waals surface area contributed by atoms with Gasteiger partial charge in [0.2, 0.25) is 0 Å². The van der Waals surface area contributed by atoms with Crippen molar-refractivity contribution in [3.8, 4) is 5.75 Å². The molecule has 122 valence electrons. The third-order valence-electron chi connectivity index (χ3n) is 5.05. The molecule has 3 atom stereocenters. The third-order valence-corrected chi connectivity index (χ3v) is 5.05. The van der Waals surface area contributed by atoms with Gasteiger partial charge in [0, 0.05) is 12.1 Å². The maximum absolute atomic E-state index is 5.36. The van der Waals surface area contributed by atoms with Gasteiger partial charge in [-0.05, 0) is 48.9 Å². The second-order valence-electron chi connectivity index (χ2n) is 6.57. The van der Waals surface area contributed by atoms with E-state index in [1.807, 2.05) is 6.07 Å². The Morgan fingerprint density at radius 2 is 1.78 bits per heavy atom. The lowest BCUT2D eigenvalue weighted by Gasteiger charge is -2.35. The smallest absolute Gasteiger partial charge is 0.119 e. The normalized spacial score (nSPS) is 22.5. The molecule has 2 nitrogen and oxygen atoms in total. The van der Waals surface area contributed by atoms with Gasteiger partial charge in [0.1, 0.15) is 5.75 Å². The van der Waals surface area contributed by atoms with Crippen molar-refractivity contribution in [1.82, 2.24) is 5.32 Å². The van der Waals surface area contributed by atoms with Gasteiger partial charge in [-0.25, -0.2) is 0 Å². The number of methoxy groups -OCH3 is 1. The lowest BCUT2D eigenvalue weighted by molar-refractivity contribution is 0.305. The van der Waals surface area contributed by atoms with Gasteiger partial charge < -0.3 is 10.1 Å². The van der Waals surface area contributed by atoms with E-state index in [0.717, 1.165) is 5.75 Å². The van der Waals surface area contributed by atoms with Gasteiger partial charge in [-0.3, -0.25) is 0 Å². The monoisotopic (exact) mass is 309 g/mol. The van der Waals surface area contributed by atoms with Crippen LogP contribution in [0.4, 0.5) is 0 Å². The van der Waals surface area contributed by atoms with E-state index >= 15 is 0 Å². The second-order valence-corrected chi connectivity index (χ2v) is 6.57. The predicted octanol–water partition coefficient (Wildman–Crippen LogP) is 5.07. The molecule has 0 radical (unpaired) electrons. The first-order valence-electron chi connectivity index (χ1n) is 8.73. The Morgan fingerprint density at radius 1 is 1.00 bits per heavy atom. The molecule has 1 N–H and O–H groups in total. The average molecular weight is 309 g/mol.